The molecule has 106 valence electrons. The van der Waals surface area contributed by atoms with Gasteiger partial charge in [-0.05, 0) is 30.9 Å². The van der Waals surface area contributed by atoms with Gasteiger partial charge < -0.3 is 5.11 Å². The number of carboxylic acid groups (broad SMARTS) is 1. The molecule has 1 saturated carbocycles. The second kappa shape index (κ2) is 4.62. The maximum atomic E-state index is 12.9. The minimum atomic E-state index is -0.958. The van der Waals surface area contributed by atoms with E-state index in [2.05, 4.69) is 0 Å². The lowest BCUT2D eigenvalue weighted by Crippen LogP contribution is -2.43. The van der Waals surface area contributed by atoms with Crippen LogP contribution in [0.2, 0.25) is 0 Å². The van der Waals surface area contributed by atoms with Gasteiger partial charge in [0, 0.05) is 0 Å². The fourth-order valence-electron chi connectivity index (χ4n) is 3.80. The molecule has 0 radical (unpaired) electrons. The lowest BCUT2D eigenvalue weighted by molar-refractivity contribution is -0.137. The molecule has 1 spiro atoms. The van der Waals surface area contributed by atoms with E-state index in [1.165, 1.54) is 4.90 Å². The van der Waals surface area contributed by atoms with E-state index in [9.17, 15) is 9.59 Å². The lowest BCUT2D eigenvalue weighted by Gasteiger charge is -2.32. The molecule has 0 atom stereocenters. The Morgan fingerprint density at radius 1 is 1.30 bits per heavy atom. The first-order chi connectivity index (χ1) is 9.56. The smallest absolute Gasteiger partial charge is 0.323 e. The van der Waals surface area contributed by atoms with Crippen LogP contribution in [0.25, 0.3) is 0 Å². The predicted octanol–water partition coefficient (Wildman–Crippen LogP) is 2.63. The highest BCUT2D eigenvalue weighted by molar-refractivity contribution is 6.10. The molecule has 1 aliphatic heterocycles. The maximum Gasteiger partial charge on any atom is 0.323 e. The van der Waals surface area contributed by atoms with E-state index in [-0.39, 0.29) is 12.5 Å². The summed E-state index contributed by atoms with van der Waals surface area (Å²) in [4.78, 5) is 25.5. The summed E-state index contributed by atoms with van der Waals surface area (Å²) in [5, 5.41) is 9.10. The highest BCUT2D eigenvalue weighted by Crippen LogP contribution is 2.50. The largest absolute Gasteiger partial charge is 0.480 e. The second-order valence-electron chi connectivity index (χ2n) is 5.90. The third-order valence-corrected chi connectivity index (χ3v) is 4.68. The number of fused-ring (bicyclic) bond motifs is 2. The summed E-state index contributed by atoms with van der Waals surface area (Å²) in [5.41, 5.74) is 2.40. The van der Waals surface area contributed by atoms with Crippen molar-refractivity contribution in [3.05, 3.63) is 29.3 Å². The first-order valence-electron chi connectivity index (χ1n) is 7.20. The van der Waals surface area contributed by atoms with Gasteiger partial charge in [-0.15, -0.1) is 0 Å². The average Bonchev–Trinajstić information content (AvgIpc) is 2.64. The van der Waals surface area contributed by atoms with E-state index in [1.54, 1.807) is 0 Å². The van der Waals surface area contributed by atoms with Crippen LogP contribution in [-0.2, 0) is 15.0 Å². The molecule has 0 unspecified atom stereocenters. The molecule has 1 aliphatic carbocycles. The molecule has 0 saturated heterocycles. The number of aliphatic carboxylic acids is 1. The molecule has 4 nitrogen and oxygen atoms in total. The number of rotatable bonds is 2. The average molecular weight is 273 g/mol. The molecular formula is C16H19NO3. The van der Waals surface area contributed by atoms with Gasteiger partial charge in [0.1, 0.15) is 6.54 Å². The maximum absolute atomic E-state index is 12.9. The minimum Gasteiger partial charge on any atom is -0.480 e. The van der Waals surface area contributed by atoms with Gasteiger partial charge in [-0.3, -0.25) is 14.5 Å². The fraction of sp³-hybridized carbons (Fsp3) is 0.500. The molecule has 0 aromatic heterocycles. The van der Waals surface area contributed by atoms with Gasteiger partial charge in [-0.1, -0.05) is 37.5 Å². The summed E-state index contributed by atoms with van der Waals surface area (Å²) in [6.07, 6.45) is 4.94. The molecule has 1 heterocycles. The van der Waals surface area contributed by atoms with Gasteiger partial charge >= 0.3 is 5.97 Å². The molecule has 4 heteroatoms. The topological polar surface area (TPSA) is 57.6 Å². The number of aryl methyl sites for hydroxylation is 1. The Morgan fingerprint density at radius 2 is 2.00 bits per heavy atom. The molecule has 1 aromatic rings. The van der Waals surface area contributed by atoms with Crippen molar-refractivity contribution in [2.24, 2.45) is 0 Å². The first kappa shape index (κ1) is 13.2. The Morgan fingerprint density at radius 3 is 2.65 bits per heavy atom. The van der Waals surface area contributed by atoms with E-state index < -0.39 is 11.4 Å². The van der Waals surface area contributed by atoms with Crippen LogP contribution in [-0.4, -0.2) is 23.5 Å². The van der Waals surface area contributed by atoms with E-state index in [4.69, 9.17) is 5.11 Å². The normalized spacial score (nSPS) is 20.2. The Labute approximate surface area is 118 Å². The van der Waals surface area contributed by atoms with Crippen molar-refractivity contribution in [3.63, 3.8) is 0 Å². The van der Waals surface area contributed by atoms with Crippen molar-refractivity contribution < 1.29 is 14.7 Å². The Bertz CT molecular complexity index is 573. The van der Waals surface area contributed by atoms with E-state index in [0.29, 0.717) is 0 Å². The summed E-state index contributed by atoms with van der Waals surface area (Å²) < 4.78 is 0. The number of benzene rings is 1. The molecule has 20 heavy (non-hydrogen) atoms. The molecular weight excluding hydrogens is 254 g/mol. The number of hydrogen-bond acceptors (Lipinski definition) is 2. The van der Waals surface area contributed by atoms with Gasteiger partial charge in [0.15, 0.2) is 0 Å². The van der Waals surface area contributed by atoms with Crippen LogP contribution >= 0.6 is 0 Å². The predicted molar refractivity (Wildman–Crippen MR) is 75.9 cm³/mol. The van der Waals surface area contributed by atoms with Crippen LogP contribution in [0, 0.1) is 6.92 Å². The summed E-state index contributed by atoms with van der Waals surface area (Å²) in [7, 11) is 0. The van der Waals surface area contributed by atoms with Crippen LogP contribution in [0.4, 0.5) is 5.69 Å². The first-order valence-corrected chi connectivity index (χ1v) is 7.20. The highest BCUT2D eigenvalue weighted by atomic mass is 16.4. The molecule has 1 amide bonds. The summed E-state index contributed by atoms with van der Waals surface area (Å²) in [6.45, 7) is 1.71. The van der Waals surface area contributed by atoms with Crippen molar-refractivity contribution in [2.45, 2.75) is 44.4 Å². The third-order valence-electron chi connectivity index (χ3n) is 4.68. The minimum absolute atomic E-state index is 0.0103. The quantitative estimate of drug-likeness (QED) is 0.901. The number of amides is 1. The number of carbonyl (C=O) groups excluding carboxylic acids is 1. The van der Waals surface area contributed by atoms with E-state index in [1.807, 2.05) is 25.1 Å². The number of hydrogen-bond donors (Lipinski definition) is 1. The van der Waals surface area contributed by atoms with Crippen molar-refractivity contribution in [2.75, 3.05) is 11.4 Å². The van der Waals surface area contributed by atoms with Crippen molar-refractivity contribution >= 4 is 17.6 Å². The van der Waals surface area contributed by atoms with Gasteiger partial charge in [0.25, 0.3) is 0 Å². The highest BCUT2D eigenvalue weighted by Gasteiger charge is 2.51. The monoisotopic (exact) mass is 273 g/mol. The number of para-hydroxylation sites is 1. The van der Waals surface area contributed by atoms with E-state index >= 15 is 0 Å². The molecule has 0 bridgehead atoms. The number of carboxylic acids is 1. The zero-order valence-corrected chi connectivity index (χ0v) is 11.7. The van der Waals surface area contributed by atoms with Crippen LogP contribution in [0.15, 0.2) is 18.2 Å². The second-order valence-corrected chi connectivity index (χ2v) is 5.90. The van der Waals surface area contributed by atoms with Crippen LogP contribution in [0.3, 0.4) is 0 Å². The third kappa shape index (κ3) is 1.74. The van der Waals surface area contributed by atoms with E-state index in [0.717, 1.165) is 48.9 Å². The van der Waals surface area contributed by atoms with Crippen LogP contribution in [0.1, 0.15) is 43.2 Å². The van der Waals surface area contributed by atoms with Crippen molar-refractivity contribution in [1.29, 1.82) is 0 Å². The van der Waals surface area contributed by atoms with Crippen molar-refractivity contribution in [3.8, 4) is 0 Å². The summed E-state index contributed by atoms with van der Waals surface area (Å²) in [5.74, 6) is -0.968. The summed E-state index contributed by atoms with van der Waals surface area (Å²) >= 11 is 0. The Kier molecular flexibility index (Phi) is 3.04. The number of nitrogens with zero attached hydrogens (tertiary/aromatic N) is 1. The van der Waals surface area contributed by atoms with Gasteiger partial charge in [-0.2, -0.15) is 0 Å². The standard InChI is InChI=1S/C16H19NO3/c1-11-6-5-7-12-14(11)17(10-13(18)19)15(20)16(12)8-3-2-4-9-16/h5-7H,2-4,8-10H2,1H3,(H,18,19). The Hall–Kier alpha value is -1.84. The molecule has 1 N–H and O–H groups in total. The zero-order chi connectivity index (χ0) is 14.3. The number of carbonyl (C=O) groups is 2. The van der Waals surface area contributed by atoms with Crippen LogP contribution in [0.5, 0.6) is 0 Å². The number of anilines is 1. The van der Waals surface area contributed by atoms with Gasteiger partial charge in [-0.25, -0.2) is 0 Å². The van der Waals surface area contributed by atoms with Gasteiger partial charge in [0.2, 0.25) is 5.91 Å². The zero-order valence-electron chi connectivity index (χ0n) is 11.7. The SMILES string of the molecule is Cc1cccc2c1N(CC(=O)O)C(=O)C21CCCCC1. The lowest BCUT2D eigenvalue weighted by atomic mass is 9.70. The van der Waals surface area contributed by atoms with Crippen LogP contribution < -0.4 is 4.90 Å². The Balaban J connectivity index is 2.14. The molecule has 1 aromatic carbocycles. The molecule has 1 fully saturated rings. The van der Waals surface area contributed by atoms with Crippen molar-refractivity contribution in [1.82, 2.24) is 0 Å². The molecule has 3 rings (SSSR count). The van der Waals surface area contributed by atoms with Gasteiger partial charge in [0.05, 0.1) is 11.1 Å². The fourth-order valence-corrected chi connectivity index (χ4v) is 3.80. The molecule has 2 aliphatic rings. The summed E-state index contributed by atoms with van der Waals surface area (Å²) in [6, 6.07) is 5.93.